The smallest absolute Gasteiger partial charge is 0.134 e. The molecule has 74 valence electrons. The van der Waals surface area contributed by atoms with Gasteiger partial charge in [0.1, 0.15) is 11.4 Å². The lowest BCUT2D eigenvalue weighted by Gasteiger charge is -2.05. The Morgan fingerprint density at radius 1 is 1.50 bits per heavy atom. The average molecular weight is 193 g/mol. The Morgan fingerprint density at radius 3 is 3.00 bits per heavy atom. The van der Waals surface area contributed by atoms with Crippen LogP contribution >= 0.6 is 0 Å². The predicted octanol–water partition coefficient (Wildman–Crippen LogP) is 2.46. The third-order valence-corrected chi connectivity index (χ3v) is 2.16. The first kappa shape index (κ1) is 9.21. The molecule has 0 aliphatic heterocycles. The van der Waals surface area contributed by atoms with Crippen LogP contribution in [0.4, 0.5) is 4.39 Å². The standard InChI is InChI=1S/C11H12FNO/c1-7(13)4-9-6-11-8(2-3-14-11)5-10(9)12/h2-3,5-7H,4,13H2,1H3. The van der Waals surface area contributed by atoms with Gasteiger partial charge in [-0.2, -0.15) is 0 Å². The first-order valence-corrected chi connectivity index (χ1v) is 4.58. The van der Waals surface area contributed by atoms with E-state index in [0.717, 1.165) is 5.39 Å². The van der Waals surface area contributed by atoms with Crippen LogP contribution < -0.4 is 5.73 Å². The van der Waals surface area contributed by atoms with Crippen molar-refractivity contribution in [1.29, 1.82) is 0 Å². The summed E-state index contributed by atoms with van der Waals surface area (Å²) in [5, 5.41) is 0.788. The molecule has 0 spiro atoms. The van der Waals surface area contributed by atoms with E-state index in [1.165, 1.54) is 6.07 Å². The zero-order valence-corrected chi connectivity index (χ0v) is 7.96. The molecule has 0 radical (unpaired) electrons. The number of rotatable bonds is 2. The molecule has 0 saturated heterocycles. The molecule has 14 heavy (non-hydrogen) atoms. The fraction of sp³-hybridized carbons (Fsp3) is 0.273. The summed E-state index contributed by atoms with van der Waals surface area (Å²) < 4.78 is 18.6. The number of nitrogens with two attached hydrogens (primary N) is 1. The first-order chi connectivity index (χ1) is 6.66. The van der Waals surface area contributed by atoms with Crippen molar-refractivity contribution in [2.75, 3.05) is 0 Å². The minimum absolute atomic E-state index is 0.0445. The number of hydrogen-bond donors (Lipinski definition) is 1. The number of benzene rings is 1. The van der Waals surface area contributed by atoms with Gasteiger partial charge in [-0.1, -0.05) is 0 Å². The highest BCUT2D eigenvalue weighted by Crippen LogP contribution is 2.20. The van der Waals surface area contributed by atoms with Gasteiger partial charge in [-0.05, 0) is 37.1 Å². The van der Waals surface area contributed by atoms with E-state index in [9.17, 15) is 4.39 Å². The monoisotopic (exact) mass is 193 g/mol. The van der Waals surface area contributed by atoms with Crippen LogP contribution in [-0.2, 0) is 6.42 Å². The normalized spacial score (nSPS) is 13.4. The van der Waals surface area contributed by atoms with Gasteiger partial charge in [0.2, 0.25) is 0 Å². The van der Waals surface area contributed by atoms with Gasteiger partial charge >= 0.3 is 0 Å². The molecule has 1 aromatic carbocycles. The first-order valence-electron chi connectivity index (χ1n) is 4.58. The van der Waals surface area contributed by atoms with Gasteiger partial charge in [0.05, 0.1) is 6.26 Å². The molecular weight excluding hydrogens is 181 g/mol. The van der Waals surface area contributed by atoms with Gasteiger partial charge < -0.3 is 10.2 Å². The second-order valence-corrected chi connectivity index (χ2v) is 3.58. The van der Waals surface area contributed by atoms with E-state index in [4.69, 9.17) is 10.2 Å². The molecule has 3 heteroatoms. The summed E-state index contributed by atoms with van der Waals surface area (Å²) in [7, 11) is 0. The van der Waals surface area contributed by atoms with E-state index in [1.807, 2.05) is 6.92 Å². The Morgan fingerprint density at radius 2 is 2.29 bits per heavy atom. The molecule has 0 aliphatic carbocycles. The summed E-state index contributed by atoms with van der Waals surface area (Å²) in [5.41, 5.74) is 6.94. The summed E-state index contributed by atoms with van der Waals surface area (Å²) in [5.74, 6) is -0.212. The Labute approximate surface area is 81.5 Å². The van der Waals surface area contributed by atoms with E-state index in [2.05, 4.69) is 0 Å². The molecule has 1 unspecified atom stereocenters. The van der Waals surface area contributed by atoms with E-state index in [1.54, 1.807) is 18.4 Å². The molecule has 0 bridgehead atoms. The van der Waals surface area contributed by atoms with Crippen molar-refractivity contribution in [3.63, 3.8) is 0 Å². The summed E-state index contributed by atoms with van der Waals surface area (Å²) >= 11 is 0. The lowest BCUT2D eigenvalue weighted by Crippen LogP contribution is -2.18. The van der Waals surface area contributed by atoms with E-state index in [0.29, 0.717) is 17.6 Å². The second-order valence-electron chi connectivity index (χ2n) is 3.58. The van der Waals surface area contributed by atoms with Crippen LogP contribution in [0, 0.1) is 5.82 Å². The molecule has 2 rings (SSSR count). The molecule has 1 atom stereocenters. The van der Waals surface area contributed by atoms with Crippen LogP contribution in [0.5, 0.6) is 0 Å². The third kappa shape index (κ3) is 1.63. The van der Waals surface area contributed by atoms with Crippen LogP contribution in [0.25, 0.3) is 11.0 Å². The van der Waals surface area contributed by atoms with Crippen LogP contribution in [0.1, 0.15) is 12.5 Å². The number of fused-ring (bicyclic) bond motifs is 1. The van der Waals surface area contributed by atoms with Crippen molar-refractivity contribution < 1.29 is 8.81 Å². The summed E-state index contributed by atoms with van der Waals surface area (Å²) in [4.78, 5) is 0. The van der Waals surface area contributed by atoms with Gasteiger partial charge in [-0.25, -0.2) is 4.39 Å². The molecule has 0 amide bonds. The van der Waals surface area contributed by atoms with Gasteiger partial charge in [0.15, 0.2) is 0 Å². The summed E-state index contributed by atoms with van der Waals surface area (Å²) in [6.07, 6.45) is 2.09. The summed E-state index contributed by atoms with van der Waals surface area (Å²) in [6, 6.07) is 4.90. The van der Waals surface area contributed by atoms with Crippen LogP contribution in [-0.4, -0.2) is 6.04 Å². The SMILES string of the molecule is CC(N)Cc1cc2occc2cc1F. The molecule has 1 heterocycles. The van der Waals surface area contributed by atoms with Crippen LogP contribution in [0.3, 0.4) is 0 Å². The highest BCUT2D eigenvalue weighted by Gasteiger charge is 2.08. The minimum Gasteiger partial charge on any atom is -0.464 e. The zero-order chi connectivity index (χ0) is 10.1. The van der Waals surface area contributed by atoms with Gasteiger partial charge in [0, 0.05) is 11.4 Å². The molecule has 1 aromatic heterocycles. The quantitative estimate of drug-likeness (QED) is 0.795. The van der Waals surface area contributed by atoms with Crippen molar-refractivity contribution >= 4 is 11.0 Å². The van der Waals surface area contributed by atoms with Crippen molar-refractivity contribution in [1.82, 2.24) is 0 Å². The van der Waals surface area contributed by atoms with Gasteiger partial charge in [0.25, 0.3) is 0 Å². The average Bonchev–Trinajstić information content (AvgIpc) is 2.51. The fourth-order valence-electron chi connectivity index (χ4n) is 1.53. The van der Waals surface area contributed by atoms with Crippen molar-refractivity contribution in [3.05, 3.63) is 35.8 Å². The molecular formula is C11H12FNO. The topological polar surface area (TPSA) is 39.2 Å². The Balaban J connectivity index is 2.48. The Kier molecular flexibility index (Phi) is 2.25. The molecule has 0 saturated carbocycles. The minimum atomic E-state index is -0.212. The second kappa shape index (κ2) is 3.42. The lowest BCUT2D eigenvalue weighted by molar-refractivity contribution is 0.590. The largest absolute Gasteiger partial charge is 0.464 e. The van der Waals surface area contributed by atoms with Crippen molar-refractivity contribution in [2.45, 2.75) is 19.4 Å². The van der Waals surface area contributed by atoms with Crippen molar-refractivity contribution in [2.24, 2.45) is 5.73 Å². The molecule has 2 nitrogen and oxygen atoms in total. The number of hydrogen-bond acceptors (Lipinski definition) is 2. The maximum atomic E-state index is 13.5. The lowest BCUT2D eigenvalue weighted by atomic mass is 10.1. The highest BCUT2D eigenvalue weighted by atomic mass is 19.1. The van der Waals surface area contributed by atoms with Crippen LogP contribution in [0.2, 0.25) is 0 Å². The molecule has 0 fully saturated rings. The number of furan rings is 1. The molecule has 2 N–H and O–H groups in total. The van der Waals surface area contributed by atoms with Gasteiger partial charge in [-0.15, -0.1) is 0 Å². The Hall–Kier alpha value is -1.35. The highest BCUT2D eigenvalue weighted by molar-refractivity contribution is 5.77. The van der Waals surface area contributed by atoms with Crippen LogP contribution in [0.15, 0.2) is 28.9 Å². The maximum Gasteiger partial charge on any atom is 0.134 e. The molecule has 0 aliphatic rings. The predicted molar refractivity (Wildman–Crippen MR) is 53.5 cm³/mol. The summed E-state index contributed by atoms with van der Waals surface area (Å²) in [6.45, 7) is 1.85. The molecule has 2 aromatic rings. The fourth-order valence-corrected chi connectivity index (χ4v) is 1.53. The number of halogens is 1. The third-order valence-electron chi connectivity index (χ3n) is 2.16. The van der Waals surface area contributed by atoms with E-state index >= 15 is 0 Å². The zero-order valence-electron chi connectivity index (χ0n) is 7.96. The van der Waals surface area contributed by atoms with E-state index in [-0.39, 0.29) is 11.9 Å². The van der Waals surface area contributed by atoms with Gasteiger partial charge in [-0.3, -0.25) is 0 Å². The maximum absolute atomic E-state index is 13.5. The van der Waals surface area contributed by atoms with Crippen molar-refractivity contribution in [3.8, 4) is 0 Å². The Bertz CT molecular complexity index is 447. The van der Waals surface area contributed by atoms with E-state index < -0.39 is 0 Å².